The summed E-state index contributed by atoms with van der Waals surface area (Å²) in [6.07, 6.45) is 4.47. The van der Waals surface area contributed by atoms with E-state index in [0.717, 1.165) is 36.9 Å². The molecule has 1 amide bonds. The maximum atomic E-state index is 11.8. The molecule has 2 atom stereocenters. The number of nitrogens with two attached hydrogens (primary N) is 1. The number of aryl methyl sites for hydroxylation is 1. The fraction of sp³-hybridized carbons (Fsp3) is 0.533. The number of hydrogen-bond acceptors (Lipinski definition) is 3. The number of hydrogen-bond donors (Lipinski definition) is 3. The van der Waals surface area contributed by atoms with Crippen molar-refractivity contribution in [1.29, 1.82) is 0 Å². The molecular formula is C15H22N2O2. The van der Waals surface area contributed by atoms with Crippen molar-refractivity contribution in [2.45, 2.75) is 50.7 Å². The van der Waals surface area contributed by atoms with Crippen LogP contribution in [0.5, 0.6) is 0 Å². The SMILES string of the molecule is Nc1ccc(CCC(=O)NC2CCCC(O)C2)cc1. The van der Waals surface area contributed by atoms with Gasteiger partial charge < -0.3 is 16.2 Å². The first kappa shape index (κ1) is 13.9. The Morgan fingerprint density at radius 1 is 1.32 bits per heavy atom. The van der Waals surface area contributed by atoms with E-state index in [1.54, 1.807) is 0 Å². The second-order valence-electron chi connectivity index (χ2n) is 5.33. The Balaban J connectivity index is 1.73. The second-order valence-corrected chi connectivity index (χ2v) is 5.33. The van der Waals surface area contributed by atoms with Gasteiger partial charge in [0.05, 0.1) is 6.10 Å². The highest BCUT2D eigenvalue weighted by molar-refractivity contribution is 5.76. The number of nitrogens with one attached hydrogen (secondary N) is 1. The van der Waals surface area contributed by atoms with Crippen LogP contribution in [0.2, 0.25) is 0 Å². The number of carbonyl (C=O) groups excluding carboxylic acids is 1. The van der Waals surface area contributed by atoms with Crippen molar-refractivity contribution in [1.82, 2.24) is 5.32 Å². The predicted octanol–water partition coefficient (Wildman–Crippen LogP) is 1.62. The largest absolute Gasteiger partial charge is 0.399 e. The maximum absolute atomic E-state index is 11.8. The van der Waals surface area contributed by atoms with Crippen LogP contribution in [-0.2, 0) is 11.2 Å². The van der Waals surface area contributed by atoms with E-state index in [0.29, 0.717) is 12.8 Å². The minimum Gasteiger partial charge on any atom is -0.399 e. The lowest BCUT2D eigenvalue weighted by atomic mass is 9.93. The van der Waals surface area contributed by atoms with Crippen LogP contribution in [0.25, 0.3) is 0 Å². The molecule has 1 aliphatic rings. The molecule has 1 saturated carbocycles. The van der Waals surface area contributed by atoms with Crippen LogP contribution in [-0.4, -0.2) is 23.2 Å². The maximum Gasteiger partial charge on any atom is 0.220 e. The van der Waals surface area contributed by atoms with Crippen LogP contribution in [0.4, 0.5) is 5.69 Å². The molecular weight excluding hydrogens is 240 g/mol. The molecule has 4 heteroatoms. The summed E-state index contributed by atoms with van der Waals surface area (Å²) in [6.45, 7) is 0. The molecule has 0 spiro atoms. The van der Waals surface area contributed by atoms with E-state index in [1.165, 1.54) is 0 Å². The highest BCUT2D eigenvalue weighted by atomic mass is 16.3. The lowest BCUT2D eigenvalue weighted by Gasteiger charge is -2.26. The summed E-state index contributed by atoms with van der Waals surface area (Å²) in [6, 6.07) is 7.75. The smallest absolute Gasteiger partial charge is 0.220 e. The van der Waals surface area contributed by atoms with Crippen molar-refractivity contribution in [2.24, 2.45) is 0 Å². The quantitative estimate of drug-likeness (QED) is 0.722. The van der Waals surface area contributed by atoms with Gasteiger partial charge in [0, 0.05) is 18.2 Å². The number of aliphatic hydroxyl groups excluding tert-OH is 1. The van der Waals surface area contributed by atoms with Crippen molar-refractivity contribution in [3.05, 3.63) is 29.8 Å². The average molecular weight is 262 g/mol. The molecule has 1 aromatic rings. The summed E-state index contributed by atoms with van der Waals surface area (Å²) in [5.41, 5.74) is 7.48. The van der Waals surface area contributed by atoms with E-state index in [1.807, 2.05) is 24.3 Å². The fourth-order valence-corrected chi connectivity index (χ4v) is 2.54. The Labute approximate surface area is 114 Å². The van der Waals surface area contributed by atoms with Crippen LogP contribution < -0.4 is 11.1 Å². The molecule has 1 aliphatic carbocycles. The van der Waals surface area contributed by atoms with Gasteiger partial charge in [-0.1, -0.05) is 12.1 Å². The number of nitrogen functional groups attached to an aromatic ring is 1. The molecule has 0 aromatic heterocycles. The van der Waals surface area contributed by atoms with Gasteiger partial charge >= 0.3 is 0 Å². The Morgan fingerprint density at radius 3 is 2.74 bits per heavy atom. The standard InChI is InChI=1S/C15H22N2O2/c16-12-7-4-11(5-8-12)6-9-15(19)17-13-2-1-3-14(18)10-13/h4-5,7-8,13-14,18H,1-3,6,9-10,16H2,(H,17,19). The number of benzene rings is 1. The van der Waals surface area contributed by atoms with E-state index in [2.05, 4.69) is 5.32 Å². The number of rotatable bonds is 4. The summed E-state index contributed by atoms with van der Waals surface area (Å²) < 4.78 is 0. The molecule has 2 rings (SSSR count). The van der Waals surface area contributed by atoms with Crippen molar-refractivity contribution < 1.29 is 9.90 Å². The first-order chi connectivity index (χ1) is 9.13. The lowest BCUT2D eigenvalue weighted by molar-refractivity contribution is -0.122. The zero-order valence-corrected chi connectivity index (χ0v) is 11.1. The highest BCUT2D eigenvalue weighted by Gasteiger charge is 2.21. The van der Waals surface area contributed by atoms with Gasteiger partial charge in [-0.2, -0.15) is 0 Å². The number of anilines is 1. The number of carbonyl (C=O) groups is 1. The first-order valence-electron chi connectivity index (χ1n) is 6.95. The molecule has 104 valence electrons. The zero-order chi connectivity index (χ0) is 13.7. The Kier molecular flexibility index (Phi) is 4.80. The van der Waals surface area contributed by atoms with Crippen molar-refractivity contribution in [3.8, 4) is 0 Å². The fourth-order valence-electron chi connectivity index (χ4n) is 2.54. The zero-order valence-electron chi connectivity index (χ0n) is 11.1. The van der Waals surface area contributed by atoms with E-state index in [4.69, 9.17) is 5.73 Å². The average Bonchev–Trinajstić information content (AvgIpc) is 2.38. The number of amides is 1. The molecule has 4 nitrogen and oxygen atoms in total. The van der Waals surface area contributed by atoms with E-state index in [-0.39, 0.29) is 18.1 Å². The van der Waals surface area contributed by atoms with Gasteiger partial charge in [0.1, 0.15) is 0 Å². The molecule has 19 heavy (non-hydrogen) atoms. The molecule has 4 N–H and O–H groups in total. The Morgan fingerprint density at radius 2 is 2.05 bits per heavy atom. The van der Waals surface area contributed by atoms with Gasteiger partial charge in [-0.15, -0.1) is 0 Å². The summed E-state index contributed by atoms with van der Waals surface area (Å²) in [5, 5.41) is 12.6. The summed E-state index contributed by atoms with van der Waals surface area (Å²) in [5.74, 6) is 0.0657. The Bertz CT molecular complexity index is 417. The van der Waals surface area contributed by atoms with E-state index in [9.17, 15) is 9.90 Å². The molecule has 0 bridgehead atoms. The van der Waals surface area contributed by atoms with Crippen molar-refractivity contribution >= 4 is 11.6 Å². The van der Waals surface area contributed by atoms with Crippen LogP contribution in [0.3, 0.4) is 0 Å². The van der Waals surface area contributed by atoms with Crippen LogP contribution >= 0.6 is 0 Å². The van der Waals surface area contributed by atoms with Crippen molar-refractivity contribution in [3.63, 3.8) is 0 Å². The minimum absolute atomic E-state index is 0.0657. The predicted molar refractivity (Wildman–Crippen MR) is 75.6 cm³/mol. The van der Waals surface area contributed by atoms with Gasteiger partial charge in [0.25, 0.3) is 0 Å². The van der Waals surface area contributed by atoms with Crippen molar-refractivity contribution in [2.75, 3.05) is 5.73 Å². The summed E-state index contributed by atoms with van der Waals surface area (Å²) >= 11 is 0. The molecule has 0 aliphatic heterocycles. The molecule has 2 unspecified atom stereocenters. The highest BCUT2D eigenvalue weighted by Crippen LogP contribution is 2.18. The third-order valence-electron chi connectivity index (χ3n) is 3.63. The molecule has 0 saturated heterocycles. The summed E-state index contributed by atoms with van der Waals surface area (Å²) in [7, 11) is 0. The van der Waals surface area contributed by atoms with Crippen LogP contribution in [0, 0.1) is 0 Å². The Hall–Kier alpha value is -1.55. The molecule has 0 heterocycles. The van der Waals surface area contributed by atoms with Crippen LogP contribution in [0.15, 0.2) is 24.3 Å². The molecule has 1 fully saturated rings. The van der Waals surface area contributed by atoms with Gasteiger partial charge in [0.15, 0.2) is 0 Å². The first-order valence-corrected chi connectivity index (χ1v) is 6.95. The lowest BCUT2D eigenvalue weighted by Crippen LogP contribution is -2.39. The monoisotopic (exact) mass is 262 g/mol. The van der Waals surface area contributed by atoms with Gasteiger partial charge in [0.2, 0.25) is 5.91 Å². The van der Waals surface area contributed by atoms with Gasteiger partial charge in [-0.3, -0.25) is 4.79 Å². The molecule has 0 radical (unpaired) electrons. The van der Waals surface area contributed by atoms with Gasteiger partial charge in [-0.25, -0.2) is 0 Å². The molecule has 1 aromatic carbocycles. The van der Waals surface area contributed by atoms with Gasteiger partial charge in [-0.05, 0) is 49.8 Å². The topological polar surface area (TPSA) is 75.4 Å². The number of aliphatic hydroxyl groups is 1. The minimum atomic E-state index is -0.254. The van der Waals surface area contributed by atoms with E-state index < -0.39 is 0 Å². The summed E-state index contributed by atoms with van der Waals surface area (Å²) in [4.78, 5) is 11.8. The second kappa shape index (κ2) is 6.57. The van der Waals surface area contributed by atoms with Crippen LogP contribution in [0.1, 0.15) is 37.7 Å². The van der Waals surface area contributed by atoms with E-state index >= 15 is 0 Å². The normalized spacial score (nSPS) is 23.0. The third-order valence-corrected chi connectivity index (χ3v) is 3.63. The third kappa shape index (κ3) is 4.56.